The van der Waals surface area contributed by atoms with E-state index in [0.717, 1.165) is 92.2 Å². The molecule has 1 aliphatic carbocycles. The number of amides is 2. The SMILES string of the molecule is CC1(N)CCN(c2cnc(Sc3cccc(NCC4CCC(CN5CCN(CC6CCN(c7cncc(C8CCC(=O)NC8=O)c7)CC6)CC5)CC4)c3Cl)c(N)n2)CC1. The van der Waals surface area contributed by atoms with E-state index in [1.807, 2.05) is 24.5 Å². The van der Waals surface area contributed by atoms with E-state index < -0.39 is 0 Å². The van der Waals surface area contributed by atoms with Gasteiger partial charge in [0.1, 0.15) is 10.8 Å². The maximum absolute atomic E-state index is 12.4. The van der Waals surface area contributed by atoms with Crippen LogP contribution in [0.1, 0.15) is 82.6 Å². The predicted molar refractivity (Wildman–Crippen MR) is 237 cm³/mol. The Bertz CT molecular complexity index is 1920. The van der Waals surface area contributed by atoms with Crippen LogP contribution in [0.3, 0.4) is 0 Å². The number of imide groups is 1. The molecule has 6 N–H and O–H groups in total. The van der Waals surface area contributed by atoms with Crippen molar-refractivity contribution < 1.29 is 9.59 Å². The zero-order chi connectivity index (χ0) is 40.9. The van der Waals surface area contributed by atoms with Gasteiger partial charge in [0.05, 0.1) is 34.7 Å². The summed E-state index contributed by atoms with van der Waals surface area (Å²) in [6, 6.07) is 8.22. The van der Waals surface area contributed by atoms with Crippen molar-refractivity contribution in [3.8, 4) is 0 Å². The van der Waals surface area contributed by atoms with Gasteiger partial charge in [-0.15, -0.1) is 0 Å². The fourth-order valence-electron chi connectivity index (χ4n) is 9.64. The second-order valence-corrected chi connectivity index (χ2v) is 19.5. The van der Waals surface area contributed by atoms with Gasteiger partial charge in [0.25, 0.3) is 0 Å². The number of nitrogens with one attached hydrogen (secondary N) is 2. The normalized spacial score (nSPS) is 24.9. The van der Waals surface area contributed by atoms with E-state index in [1.54, 1.807) is 6.20 Å². The Morgan fingerprint density at radius 3 is 2.22 bits per heavy atom. The van der Waals surface area contributed by atoms with Crippen LogP contribution in [-0.2, 0) is 9.59 Å². The molecule has 3 aromatic rings. The van der Waals surface area contributed by atoms with Crippen LogP contribution in [0, 0.1) is 17.8 Å². The number of piperidine rings is 3. The number of rotatable bonds is 12. The highest BCUT2D eigenvalue weighted by Crippen LogP contribution is 2.39. The van der Waals surface area contributed by atoms with Gasteiger partial charge in [-0.2, -0.15) is 0 Å². The van der Waals surface area contributed by atoms with Crippen molar-refractivity contribution in [2.75, 3.05) is 92.8 Å². The number of nitrogens with zero attached hydrogens (tertiary/aromatic N) is 7. The maximum Gasteiger partial charge on any atom is 0.234 e. The summed E-state index contributed by atoms with van der Waals surface area (Å²) < 4.78 is 0. The van der Waals surface area contributed by atoms with Crippen molar-refractivity contribution in [3.63, 3.8) is 0 Å². The number of carbonyl (C=O) groups is 2. The summed E-state index contributed by atoms with van der Waals surface area (Å²) in [5, 5.41) is 7.52. The first-order valence-electron chi connectivity index (χ1n) is 21.9. The Balaban J connectivity index is 0.720. The van der Waals surface area contributed by atoms with E-state index in [1.165, 1.54) is 76.5 Å². The average molecular weight is 845 g/mol. The van der Waals surface area contributed by atoms with Gasteiger partial charge >= 0.3 is 0 Å². The lowest BCUT2D eigenvalue weighted by atomic mass is 9.81. The lowest BCUT2D eigenvalue weighted by Crippen LogP contribution is -2.50. The number of benzene rings is 1. The third kappa shape index (κ3) is 10.8. The summed E-state index contributed by atoms with van der Waals surface area (Å²) >= 11 is 8.41. The van der Waals surface area contributed by atoms with Gasteiger partial charge < -0.3 is 36.4 Å². The first-order valence-corrected chi connectivity index (χ1v) is 23.1. The van der Waals surface area contributed by atoms with E-state index >= 15 is 0 Å². The molecule has 1 atom stereocenters. The Hall–Kier alpha value is -3.69. The van der Waals surface area contributed by atoms with E-state index in [0.29, 0.717) is 40.5 Å². The minimum atomic E-state index is -0.294. The number of carbonyl (C=O) groups excluding carboxylic acids is 2. The van der Waals surface area contributed by atoms with Crippen molar-refractivity contribution in [3.05, 3.63) is 53.4 Å². The van der Waals surface area contributed by atoms with Crippen LogP contribution < -0.4 is 31.9 Å². The third-order valence-electron chi connectivity index (χ3n) is 13.6. The third-order valence-corrected chi connectivity index (χ3v) is 15.1. The Labute approximate surface area is 358 Å². The van der Waals surface area contributed by atoms with Crippen molar-refractivity contribution >= 4 is 58.2 Å². The van der Waals surface area contributed by atoms with Gasteiger partial charge in [-0.3, -0.25) is 19.9 Å². The van der Waals surface area contributed by atoms with Gasteiger partial charge in [-0.25, -0.2) is 9.97 Å². The molecule has 0 bridgehead atoms. The average Bonchev–Trinajstić information content (AvgIpc) is 3.23. The van der Waals surface area contributed by atoms with Gasteiger partial charge in [0.2, 0.25) is 11.8 Å². The molecule has 0 spiro atoms. The second kappa shape index (κ2) is 18.9. The molecule has 4 saturated heterocycles. The van der Waals surface area contributed by atoms with Crippen LogP contribution in [0.2, 0.25) is 5.02 Å². The summed E-state index contributed by atoms with van der Waals surface area (Å²) in [5.74, 6) is 2.68. The minimum Gasteiger partial charge on any atom is -0.384 e. The van der Waals surface area contributed by atoms with E-state index in [9.17, 15) is 9.59 Å². The molecule has 1 saturated carbocycles. The second-order valence-electron chi connectivity index (χ2n) is 18.1. The van der Waals surface area contributed by atoms with Crippen molar-refractivity contribution in [1.29, 1.82) is 0 Å². The predicted octanol–water partition coefficient (Wildman–Crippen LogP) is 5.85. The number of nitrogen functional groups attached to an aromatic ring is 1. The van der Waals surface area contributed by atoms with Gasteiger partial charge in [0, 0.05) is 95.0 Å². The molecule has 318 valence electrons. The van der Waals surface area contributed by atoms with Crippen molar-refractivity contribution in [1.82, 2.24) is 30.1 Å². The fraction of sp³-hybridized carbons (Fsp3) is 0.614. The lowest BCUT2D eigenvalue weighted by Gasteiger charge is -2.41. The molecule has 59 heavy (non-hydrogen) atoms. The molecular formula is C44H62ClN11O2S. The van der Waals surface area contributed by atoms with Gasteiger partial charge in [-0.05, 0) is 106 Å². The zero-order valence-corrected chi connectivity index (χ0v) is 36.2. The highest BCUT2D eigenvalue weighted by molar-refractivity contribution is 7.99. The number of pyridine rings is 1. The number of aromatic nitrogens is 3. The highest BCUT2D eigenvalue weighted by Gasteiger charge is 2.31. The molecule has 15 heteroatoms. The van der Waals surface area contributed by atoms with Crippen LogP contribution >= 0.6 is 23.4 Å². The first-order chi connectivity index (χ1) is 28.5. The number of halogens is 1. The molecule has 5 fully saturated rings. The molecule has 6 heterocycles. The van der Waals surface area contributed by atoms with E-state index in [2.05, 4.69) is 64.2 Å². The summed E-state index contributed by atoms with van der Waals surface area (Å²) in [7, 11) is 0. The quantitative estimate of drug-likeness (QED) is 0.161. The number of hydrogen-bond acceptors (Lipinski definition) is 13. The highest BCUT2D eigenvalue weighted by atomic mass is 35.5. The number of nitrogens with two attached hydrogens (primary N) is 2. The molecule has 4 aliphatic heterocycles. The molecule has 2 aromatic heterocycles. The summed E-state index contributed by atoms with van der Waals surface area (Å²) in [6.45, 7) is 13.8. The molecule has 2 amide bonds. The van der Waals surface area contributed by atoms with E-state index in [4.69, 9.17) is 23.1 Å². The molecular weight excluding hydrogens is 782 g/mol. The Kier molecular flexibility index (Phi) is 13.5. The van der Waals surface area contributed by atoms with Gasteiger partial charge in [0.15, 0.2) is 5.82 Å². The smallest absolute Gasteiger partial charge is 0.234 e. The molecule has 1 unspecified atom stereocenters. The summed E-state index contributed by atoms with van der Waals surface area (Å²) in [4.78, 5) is 48.8. The lowest BCUT2D eigenvalue weighted by molar-refractivity contribution is -0.134. The van der Waals surface area contributed by atoms with E-state index in [-0.39, 0.29) is 23.3 Å². The van der Waals surface area contributed by atoms with Crippen LogP contribution in [0.15, 0.2) is 52.8 Å². The largest absolute Gasteiger partial charge is 0.384 e. The van der Waals surface area contributed by atoms with Gasteiger partial charge in [-0.1, -0.05) is 29.4 Å². The molecule has 1 aromatic carbocycles. The first kappa shape index (κ1) is 42.0. The van der Waals surface area contributed by atoms with Crippen LogP contribution in [0.4, 0.5) is 23.0 Å². The van der Waals surface area contributed by atoms with Crippen molar-refractivity contribution in [2.45, 2.75) is 92.5 Å². The molecule has 13 nitrogen and oxygen atoms in total. The minimum absolute atomic E-state index is 0.125. The molecule has 8 rings (SSSR count). The molecule has 0 radical (unpaired) electrons. The Morgan fingerprint density at radius 1 is 0.864 bits per heavy atom. The standard InChI is InChI=1S/C44H62ClN11O2S/c1-44(47)13-17-56(18-14-44)38-27-50-43(41(46)51-38)59-37-4-2-3-36(40(37)45)49-24-30-5-7-31(8-6-30)28-53-19-21-54(22-20-53)29-32-11-15-55(16-12-32)34-23-33(25-48-26-34)35-9-10-39(57)52-42(35)58/h2-4,23,25-27,30-32,35,49H,5-22,24,28-29,47H2,1H3,(H2,46,51)(H,52,57,58). The van der Waals surface area contributed by atoms with Crippen LogP contribution in [0.5, 0.6) is 0 Å². The number of anilines is 4. The van der Waals surface area contributed by atoms with Crippen molar-refractivity contribution in [2.24, 2.45) is 23.5 Å². The Morgan fingerprint density at radius 2 is 1.54 bits per heavy atom. The van der Waals surface area contributed by atoms with Crippen LogP contribution in [0.25, 0.3) is 0 Å². The topological polar surface area (TPSA) is 162 Å². The number of hydrogen-bond donors (Lipinski definition) is 4. The number of piperazine rings is 1. The maximum atomic E-state index is 12.4. The van der Waals surface area contributed by atoms with Crippen LogP contribution in [-0.4, -0.2) is 114 Å². The fourth-order valence-corrected chi connectivity index (χ4v) is 10.8. The zero-order valence-electron chi connectivity index (χ0n) is 34.6. The summed E-state index contributed by atoms with van der Waals surface area (Å²) in [6.07, 6.45) is 15.7. The summed E-state index contributed by atoms with van der Waals surface area (Å²) in [5.41, 5.74) is 15.5. The monoisotopic (exact) mass is 843 g/mol. The molecule has 5 aliphatic rings.